The van der Waals surface area contributed by atoms with E-state index in [0.717, 1.165) is 0 Å². The van der Waals surface area contributed by atoms with E-state index >= 15 is 0 Å². The number of hydrogen-bond acceptors (Lipinski definition) is 3. The minimum absolute atomic E-state index is 0.0131. The third-order valence-corrected chi connectivity index (χ3v) is 2.80. The molecule has 84 valence electrons. The summed E-state index contributed by atoms with van der Waals surface area (Å²) in [5, 5.41) is 2.79. The van der Waals surface area contributed by atoms with Crippen LogP contribution in [0.1, 0.15) is 20.3 Å². The smallest absolute Gasteiger partial charge is 0.220 e. The molecular weight excluding hydrogens is 200 g/mol. The molecular formula is C9H20N2O2S. The number of nitrogens with two attached hydrogens (primary N) is 1. The molecule has 0 saturated heterocycles. The number of carbonyl (C=O) groups is 1. The summed E-state index contributed by atoms with van der Waals surface area (Å²) in [6.45, 7) is 4.30. The van der Waals surface area contributed by atoms with Crippen LogP contribution in [0.25, 0.3) is 0 Å². The Hall–Kier alpha value is -0.420. The van der Waals surface area contributed by atoms with Gasteiger partial charge in [-0.25, -0.2) is 0 Å². The zero-order valence-electron chi connectivity index (χ0n) is 9.08. The third kappa shape index (κ3) is 7.03. The molecule has 0 fully saturated rings. The summed E-state index contributed by atoms with van der Waals surface area (Å²) in [6.07, 6.45) is 2.07. The molecule has 0 aliphatic carbocycles. The Morgan fingerprint density at radius 2 is 2.07 bits per heavy atom. The van der Waals surface area contributed by atoms with Crippen LogP contribution in [-0.2, 0) is 15.6 Å². The quantitative estimate of drug-likeness (QED) is 0.654. The fraction of sp³-hybridized carbons (Fsp3) is 0.889. The van der Waals surface area contributed by atoms with E-state index in [1.54, 1.807) is 6.26 Å². The summed E-state index contributed by atoms with van der Waals surface area (Å²) in [5.41, 5.74) is 5.40. The van der Waals surface area contributed by atoms with Crippen LogP contribution < -0.4 is 11.1 Å². The fourth-order valence-electron chi connectivity index (χ4n) is 1.13. The van der Waals surface area contributed by atoms with Crippen LogP contribution in [0, 0.1) is 5.92 Å². The van der Waals surface area contributed by atoms with Gasteiger partial charge in [-0.3, -0.25) is 9.00 Å². The Bertz CT molecular complexity index is 209. The molecule has 3 unspecified atom stereocenters. The van der Waals surface area contributed by atoms with Crippen LogP contribution in [0.2, 0.25) is 0 Å². The maximum absolute atomic E-state index is 11.3. The van der Waals surface area contributed by atoms with Crippen molar-refractivity contribution in [2.75, 3.05) is 18.6 Å². The highest BCUT2D eigenvalue weighted by atomic mass is 32.2. The first kappa shape index (κ1) is 13.6. The molecule has 0 radical (unpaired) electrons. The number of nitrogens with one attached hydrogen (secondary N) is 1. The summed E-state index contributed by atoms with van der Waals surface area (Å²) < 4.78 is 10.9. The van der Waals surface area contributed by atoms with Crippen molar-refractivity contribution in [2.24, 2.45) is 11.7 Å². The van der Waals surface area contributed by atoms with Crippen molar-refractivity contribution in [3.8, 4) is 0 Å². The zero-order valence-corrected chi connectivity index (χ0v) is 9.89. The summed E-state index contributed by atoms with van der Waals surface area (Å²) in [6, 6.07) is -0.0293. The first-order valence-electron chi connectivity index (χ1n) is 4.75. The monoisotopic (exact) mass is 220 g/mol. The second kappa shape index (κ2) is 6.95. The van der Waals surface area contributed by atoms with E-state index in [1.807, 2.05) is 13.8 Å². The van der Waals surface area contributed by atoms with Crippen LogP contribution in [0.3, 0.4) is 0 Å². The Kier molecular flexibility index (Phi) is 6.74. The lowest BCUT2D eigenvalue weighted by atomic mass is 10.1. The molecule has 0 aromatic heterocycles. The van der Waals surface area contributed by atoms with Gasteiger partial charge in [0.25, 0.3) is 0 Å². The topological polar surface area (TPSA) is 72.2 Å². The van der Waals surface area contributed by atoms with Crippen molar-refractivity contribution in [1.82, 2.24) is 5.32 Å². The van der Waals surface area contributed by atoms with Gasteiger partial charge in [-0.1, -0.05) is 6.92 Å². The third-order valence-electron chi connectivity index (χ3n) is 1.83. The predicted octanol–water partition coefficient (Wildman–Crippen LogP) is -0.145. The molecule has 0 aliphatic heterocycles. The molecule has 0 heterocycles. The highest BCUT2D eigenvalue weighted by Gasteiger charge is 2.11. The van der Waals surface area contributed by atoms with Gasteiger partial charge in [-0.15, -0.1) is 0 Å². The largest absolute Gasteiger partial charge is 0.353 e. The van der Waals surface area contributed by atoms with Crippen LogP contribution >= 0.6 is 0 Å². The molecule has 0 aromatic carbocycles. The molecule has 3 N–H and O–H groups in total. The van der Waals surface area contributed by atoms with Crippen LogP contribution in [0.5, 0.6) is 0 Å². The molecule has 0 rings (SSSR count). The summed E-state index contributed by atoms with van der Waals surface area (Å²) in [7, 11) is -0.866. The van der Waals surface area contributed by atoms with Gasteiger partial charge in [0, 0.05) is 35.3 Å². The number of carbonyl (C=O) groups excluding carboxylic acids is 1. The van der Waals surface area contributed by atoms with E-state index in [0.29, 0.717) is 18.7 Å². The van der Waals surface area contributed by atoms with Gasteiger partial charge < -0.3 is 11.1 Å². The predicted molar refractivity (Wildman–Crippen MR) is 59.4 cm³/mol. The lowest BCUT2D eigenvalue weighted by Crippen LogP contribution is -2.37. The maximum Gasteiger partial charge on any atom is 0.220 e. The average Bonchev–Trinajstić information content (AvgIpc) is 2.01. The Labute approximate surface area is 88.1 Å². The second-order valence-electron chi connectivity index (χ2n) is 3.75. The first-order valence-corrected chi connectivity index (χ1v) is 6.47. The highest BCUT2D eigenvalue weighted by Crippen LogP contribution is 1.98. The van der Waals surface area contributed by atoms with Gasteiger partial charge in [0.1, 0.15) is 0 Å². The molecule has 14 heavy (non-hydrogen) atoms. The van der Waals surface area contributed by atoms with Crippen molar-refractivity contribution in [3.05, 3.63) is 0 Å². The van der Waals surface area contributed by atoms with E-state index in [2.05, 4.69) is 5.32 Å². The Morgan fingerprint density at radius 1 is 1.50 bits per heavy atom. The lowest BCUT2D eigenvalue weighted by Gasteiger charge is -2.14. The average molecular weight is 220 g/mol. The van der Waals surface area contributed by atoms with Gasteiger partial charge in [-0.2, -0.15) is 0 Å². The number of amides is 1. The molecule has 1 amide bonds. The van der Waals surface area contributed by atoms with E-state index in [4.69, 9.17) is 5.73 Å². The molecule has 5 heteroatoms. The zero-order chi connectivity index (χ0) is 11.1. The minimum Gasteiger partial charge on any atom is -0.353 e. The number of hydrogen-bond donors (Lipinski definition) is 2. The lowest BCUT2D eigenvalue weighted by molar-refractivity contribution is -0.122. The molecule has 0 spiro atoms. The summed E-state index contributed by atoms with van der Waals surface area (Å²) >= 11 is 0. The number of rotatable bonds is 6. The molecule has 0 aliphatic rings. The Morgan fingerprint density at radius 3 is 2.50 bits per heavy atom. The van der Waals surface area contributed by atoms with Crippen LogP contribution in [0.15, 0.2) is 0 Å². The van der Waals surface area contributed by atoms with Crippen LogP contribution in [-0.4, -0.2) is 34.7 Å². The summed E-state index contributed by atoms with van der Waals surface area (Å²) in [5.74, 6) is 0.693. The van der Waals surface area contributed by atoms with Crippen molar-refractivity contribution in [1.29, 1.82) is 0 Å². The van der Waals surface area contributed by atoms with Crippen molar-refractivity contribution in [2.45, 2.75) is 26.3 Å². The molecule has 0 aromatic rings. The summed E-state index contributed by atoms with van der Waals surface area (Å²) in [4.78, 5) is 11.3. The van der Waals surface area contributed by atoms with Gasteiger partial charge in [0.05, 0.1) is 0 Å². The standard InChI is InChI=1S/C9H20N2O2S/c1-7(5-10)4-9(12)11-8(2)6-14(3)13/h7-8H,4-6,10H2,1-3H3,(H,11,12). The van der Waals surface area contributed by atoms with Gasteiger partial charge in [0.15, 0.2) is 0 Å². The van der Waals surface area contributed by atoms with Crippen molar-refractivity contribution >= 4 is 16.7 Å². The Balaban J connectivity index is 3.76. The van der Waals surface area contributed by atoms with E-state index in [-0.39, 0.29) is 17.9 Å². The van der Waals surface area contributed by atoms with Gasteiger partial charge in [0.2, 0.25) is 5.91 Å². The first-order chi connectivity index (χ1) is 6.45. The van der Waals surface area contributed by atoms with Crippen molar-refractivity contribution in [3.63, 3.8) is 0 Å². The second-order valence-corrected chi connectivity index (χ2v) is 5.23. The highest BCUT2D eigenvalue weighted by molar-refractivity contribution is 7.84. The minimum atomic E-state index is -0.866. The van der Waals surface area contributed by atoms with Gasteiger partial charge >= 0.3 is 0 Å². The maximum atomic E-state index is 11.3. The normalized spacial score (nSPS) is 17.1. The van der Waals surface area contributed by atoms with Crippen molar-refractivity contribution < 1.29 is 9.00 Å². The van der Waals surface area contributed by atoms with E-state index < -0.39 is 10.8 Å². The SMILES string of the molecule is CC(CN)CC(=O)NC(C)CS(C)=O. The molecule has 0 bridgehead atoms. The van der Waals surface area contributed by atoms with Gasteiger partial charge in [-0.05, 0) is 19.4 Å². The van der Waals surface area contributed by atoms with E-state index in [9.17, 15) is 9.00 Å². The molecule has 4 nitrogen and oxygen atoms in total. The molecule has 0 saturated carbocycles. The van der Waals surface area contributed by atoms with E-state index in [1.165, 1.54) is 0 Å². The van der Waals surface area contributed by atoms with Crippen LogP contribution in [0.4, 0.5) is 0 Å². The fourth-order valence-corrected chi connectivity index (χ4v) is 1.91. The molecule has 3 atom stereocenters.